The second kappa shape index (κ2) is 56.0. The summed E-state index contributed by atoms with van der Waals surface area (Å²) in [5.74, 6) is 1.87. The summed E-state index contributed by atoms with van der Waals surface area (Å²) in [5.41, 5.74) is 1.91. The van der Waals surface area contributed by atoms with Gasteiger partial charge in [-0.1, -0.05) is 31.0 Å². The molecule has 1 N–H and O–H groups in total. The van der Waals surface area contributed by atoms with Crippen molar-refractivity contribution in [2.24, 2.45) is 0 Å². The number of aromatic nitrogens is 1. The van der Waals surface area contributed by atoms with E-state index in [0.717, 1.165) is 374 Å². The van der Waals surface area contributed by atoms with E-state index >= 15 is 0 Å². The number of hydrogen-bond acceptors (Lipinski definition) is 4. The van der Waals surface area contributed by atoms with Crippen molar-refractivity contribution in [1.82, 2.24) is 4.98 Å². The third kappa shape index (κ3) is 33.4. The number of carbonyl (C=O) groups excluding carboxylic acids is 1. The average Bonchev–Trinajstić information content (AvgIpc) is 3.48. The molecule has 0 spiro atoms. The summed E-state index contributed by atoms with van der Waals surface area (Å²) < 4.78 is 0. The Morgan fingerprint density at radius 1 is 0.800 bits per heavy atom. The van der Waals surface area contributed by atoms with E-state index in [1.54, 1.807) is 4.90 Å². The number of para-hydroxylation sites is 1. The average molecular weight is 1480 g/mol. The van der Waals surface area contributed by atoms with Gasteiger partial charge in [-0.2, -0.15) is 0 Å². The van der Waals surface area contributed by atoms with Crippen molar-refractivity contribution in [1.29, 1.82) is 0 Å². The number of hydrogen-bond donors (Lipinski definition) is 1. The predicted molar refractivity (Wildman–Crippen MR) is 173 cm³/mol. The molecule has 5 nitrogen and oxygen atoms in total. The van der Waals surface area contributed by atoms with E-state index in [2.05, 4.69) is 10.2 Å². The number of nitrogens with one attached hydrogen (secondary N) is 1. The van der Waals surface area contributed by atoms with Crippen LogP contribution in [0, 0.1) is 14.9 Å². The zero-order valence-electron chi connectivity index (χ0n) is 30.8. The topological polar surface area (TPSA) is 48.5 Å². The number of rotatable bonds is 3. The van der Waals surface area contributed by atoms with Gasteiger partial charge < -0.3 is 31.4 Å². The standard InChI is InChI=1S/C20H24N4O.2CH3.13Rb.H/c1-14-20(25)23(2)17-12-13-18(21-15-8-4-3-5-9-15)22-19(17)24(14)16-10-6-7-11-16;;;;;;;;;;;;;;;;/h3-5,8-9,12-14,16H,6-7,10-11H2,1-2H3,(H,21,22);2*1H3;;;;;;;;;;;;;;/q;2*-1;;;;;;;;;;;3*+1;-1/t14-;;;;;;;;;;;;;;;;/m1................/s1. The number of fused-ring (bicyclic) bond motifs is 1. The van der Waals surface area contributed by atoms with Gasteiger partial charge in [-0.3, -0.25) is 4.79 Å². The van der Waals surface area contributed by atoms with Crippen molar-refractivity contribution in [3.8, 4) is 0 Å². The van der Waals surface area contributed by atoms with Gasteiger partial charge in [0, 0.05) is 18.8 Å². The maximum absolute atomic E-state index is 12.7. The Morgan fingerprint density at radius 3 is 1.70 bits per heavy atom. The number of likely N-dealkylation sites (N-methyl/N-ethyl adjacent to an activating group) is 1. The quantitative estimate of drug-likeness (QED) is 0.311. The first-order valence-electron chi connectivity index (χ1n) is 14.0. The minimum absolute atomic E-state index is 0. The van der Waals surface area contributed by atoms with Crippen LogP contribution in [0.3, 0.4) is 0 Å². The first kappa shape index (κ1) is 75.2. The van der Waals surface area contributed by atoms with Crippen LogP contribution in [0.1, 0.15) is 34.0 Å². The minimum atomic E-state index is -0.167. The van der Waals surface area contributed by atoms with Gasteiger partial charge >= 0.3 is 513 Å². The summed E-state index contributed by atoms with van der Waals surface area (Å²) in [6, 6.07) is 14.2. The Morgan fingerprint density at radius 2 is 1.25 bits per heavy atom. The monoisotopic (exact) mass is 1470 g/mol. The van der Waals surface area contributed by atoms with Crippen LogP contribution in [0.5, 0.6) is 0 Å². The van der Waals surface area contributed by atoms with Crippen LogP contribution in [0.15, 0.2) is 42.5 Å². The molecular weight excluding hydrogens is 1450 g/mol. The molecule has 1 aliphatic heterocycles. The Kier molecular flexibility index (Phi) is 105. The Balaban J connectivity index is -0.000000103. The number of amides is 1. The number of pyridine rings is 1. The number of anilines is 4. The van der Waals surface area contributed by atoms with Gasteiger partial charge in [0.05, 0.1) is 5.69 Å². The molecule has 2 aliphatic rings. The molecule has 1 amide bonds. The van der Waals surface area contributed by atoms with Crippen LogP contribution in [-0.2, 0) is 4.79 Å². The summed E-state index contributed by atoms with van der Waals surface area (Å²) in [7, 11) is 1.84. The van der Waals surface area contributed by atoms with Gasteiger partial charge in [0.15, 0.2) is 5.82 Å². The summed E-state index contributed by atoms with van der Waals surface area (Å²) in [6.45, 7) is 2.00. The fourth-order valence-electron chi connectivity index (χ4n) is 4.00. The van der Waals surface area contributed by atoms with Crippen LogP contribution < -0.4 is 190 Å². The summed E-state index contributed by atoms with van der Waals surface area (Å²) in [4.78, 5) is 21.6. The number of benzene rings is 1. The van der Waals surface area contributed by atoms with Crippen LogP contribution in [0.25, 0.3) is 0 Å². The molecule has 0 bridgehead atoms. The van der Waals surface area contributed by atoms with Crippen molar-refractivity contribution >= 4 is 367 Å². The molecule has 4 rings (SSSR count). The van der Waals surface area contributed by atoms with E-state index in [0.29, 0.717) is 6.04 Å². The molecule has 1 saturated carbocycles. The van der Waals surface area contributed by atoms with E-state index in [4.69, 9.17) is 4.98 Å². The Labute approximate surface area is 640 Å². The molecule has 2 heterocycles. The van der Waals surface area contributed by atoms with E-state index < -0.39 is 0 Å². The van der Waals surface area contributed by atoms with Gasteiger partial charge in [0.25, 0.3) is 0 Å². The van der Waals surface area contributed by atoms with E-state index in [1.165, 1.54) is 12.8 Å². The van der Waals surface area contributed by atoms with Gasteiger partial charge in [-0.15, -0.1) is 0 Å². The fourth-order valence-corrected chi connectivity index (χ4v) is 4.00. The summed E-state index contributed by atoms with van der Waals surface area (Å²) in [6.07, 6.45) is 4.74. The SMILES string of the molecule is C[C@@H]1C(=O)N(C)c2ccc(Nc3ccccc3)nc2N1C1CCCC1.[CH3-].[CH3-].[H-].[Rb+].[Rb+].[Rb+].[Rb][Rb].[Rb][Rb].[Rb][Rb].[Rb][Rb].[Rb][Rb]. The van der Waals surface area contributed by atoms with Gasteiger partial charge in [0.2, 0.25) is 5.91 Å². The van der Waals surface area contributed by atoms with Crippen LogP contribution >= 0.6 is 0 Å². The molecule has 158 valence electrons. The molecule has 0 radical (unpaired) electrons. The molecule has 2 aromatic rings. The molecule has 1 fully saturated rings. The third-order valence-corrected chi connectivity index (χ3v) is 5.33. The number of nitrogens with zero attached hydrogens (tertiary/aromatic N) is 3. The molecule has 0 saturated heterocycles. The molecule has 1 aromatic carbocycles. The molecule has 0 unspecified atom stereocenters. The molecule has 1 atom stereocenters. The summed E-state index contributed by atoms with van der Waals surface area (Å²) >= 11 is 11.6. The number of carbonyl (C=O) groups is 1. The van der Waals surface area contributed by atoms with Crippen LogP contribution in [0.2, 0.25) is 0 Å². The van der Waals surface area contributed by atoms with Crippen LogP contribution in [-0.4, -0.2) is 369 Å². The summed E-state index contributed by atoms with van der Waals surface area (Å²) in [5, 5.41) is 3.36. The predicted octanol–water partition coefficient (Wildman–Crippen LogP) is -7.84. The maximum atomic E-state index is 12.7. The van der Waals surface area contributed by atoms with Gasteiger partial charge in [-0.05, 0) is 44.0 Å². The molecule has 1 aromatic heterocycles. The van der Waals surface area contributed by atoms with Crippen molar-refractivity contribution < 1.29 is 181 Å². The van der Waals surface area contributed by atoms with Gasteiger partial charge in [0.1, 0.15) is 11.9 Å². The zero-order valence-corrected chi connectivity index (χ0v) is 93.7. The second-order valence-corrected chi connectivity index (χ2v) is 6.95. The van der Waals surface area contributed by atoms with Crippen molar-refractivity contribution in [2.45, 2.75) is 44.7 Å². The first-order chi connectivity index (χ1) is 17.1. The normalized spacial score (nSPS) is 13.9. The van der Waals surface area contributed by atoms with Gasteiger partial charge in [-0.25, -0.2) is 4.98 Å². The molecule has 40 heavy (non-hydrogen) atoms. The zero-order chi connectivity index (χ0) is 27.4. The second-order valence-electron chi connectivity index (χ2n) is 6.95. The van der Waals surface area contributed by atoms with Crippen LogP contribution in [0.4, 0.5) is 23.0 Å². The molecular formula is C22H31N4ORb13. The Bertz CT molecular complexity index is 814. The molecule has 18 heteroatoms. The fraction of sp³-hybridized carbons (Fsp3) is 0.364. The van der Waals surface area contributed by atoms with Crippen molar-refractivity contribution in [2.75, 3.05) is 22.2 Å². The Hall–Kier alpha value is 20.9. The van der Waals surface area contributed by atoms with E-state index in [1.807, 2.05) is 56.4 Å². The van der Waals surface area contributed by atoms with E-state index in [9.17, 15) is 4.79 Å². The first-order valence-corrected chi connectivity index (χ1v) is 184. The van der Waals surface area contributed by atoms with Crippen molar-refractivity contribution in [3.63, 3.8) is 0 Å². The molecule has 1 aliphatic carbocycles. The van der Waals surface area contributed by atoms with Crippen molar-refractivity contribution in [3.05, 3.63) is 57.3 Å². The van der Waals surface area contributed by atoms with E-state index in [-0.39, 0.29) is 203 Å². The third-order valence-electron chi connectivity index (χ3n) is 5.33.